The molecule has 0 radical (unpaired) electrons. The molecule has 1 N–H and O–H groups in total. The summed E-state index contributed by atoms with van der Waals surface area (Å²) in [5, 5.41) is 7.68. The highest BCUT2D eigenvalue weighted by molar-refractivity contribution is 5.46. The average molecular weight is 191 g/mol. The molecule has 0 aliphatic carbocycles. The Morgan fingerprint density at radius 1 is 1.57 bits per heavy atom. The second-order valence-corrected chi connectivity index (χ2v) is 3.12. The van der Waals surface area contributed by atoms with Crippen LogP contribution in [0.15, 0.2) is 6.20 Å². The lowest BCUT2D eigenvalue weighted by atomic mass is 10.3. The van der Waals surface area contributed by atoms with Gasteiger partial charge in [0.1, 0.15) is 0 Å². The van der Waals surface area contributed by atoms with E-state index in [4.69, 9.17) is 0 Å². The molecule has 1 aromatic rings. The van der Waals surface area contributed by atoms with E-state index in [2.05, 4.69) is 29.2 Å². The fraction of sp³-hybridized carbons (Fsp3) is 0.545. The summed E-state index contributed by atoms with van der Waals surface area (Å²) in [7, 11) is 1.94. The van der Waals surface area contributed by atoms with E-state index < -0.39 is 0 Å². The van der Waals surface area contributed by atoms with E-state index in [0.717, 1.165) is 30.8 Å². The minimum absolute atomic E-state index is 0.883. The molecule has 0 aromatic carbocycles. The van der Waals surface area contributed by atoms with Crippen LogP contribution < -0.4 is 5.32 Å². The smallest absolute Gasteiger partial charge is 0.0853 e. The van der Waals surface area contributed by atoms with Gasteiger partial charge in [0.05, 0.1) is 11.4 Å². The van der Waals surface area contributed by atoms with Crippen molar-refractivity contribution in [2.75, 3.05) is 11.9 Å². The van der Waals surface area contributed by atoms with Crippen LogP contribution in [0.25, 0.3) is 0 Å². The summed E-state index contributed by atoms with van der Waals surface area (Å²) < 4.78 is 1.84. The molecule has 0 unspecified atom stereocenters. The van der Waals surface area contributed by atoms with E-state index in [1.54, 1.807) is 0 Å². The maximum Gasteiger partial charge on any atom is 0.0853 e. The zero-order valence-corrected chi connectivity index (χ0v) is 9.09. The number of aromatic nitrogens is 2. The minimum atomic E-state index is 0.883. The third kappa shape index (κ3) is 2.81. The van der Waals surface area contributed by atoms with Gasteiger partial charge in [-0.2, -0.15) is 5.10 Å². The topological polar surface area (TPSA) is 29.9 Å². The molecule has 0 bridgehead atoms. The normalized spacial score (nSPS) is 9.36. The van der Waals surface area contributed by atoms with Crippen LogP contribution in [0, 0.1) is 11.8 Å². The van der Waals surface area contributed by atoms with E-state index in [1.807, 2.05) is 24.9 Å². The van der Waals surface area contributed by atoms with Gasteiger partial charge in [0.15, 0.2) is 0 Å². The summed E-state index contributed by atoms with van der Waals surface area (Å²) in [6.07, 6.45) is 3.86. The van der Waals surface area contributed by atoms with Gasteiger partial charge >= 0.3 is 0 Å². The zero-order valence-electron chi connectivity index (χ0n) is 9.09. The number of aryl methyl sites for hydroxylation is 2. The van der Waals surface area contributed by atoms with Crippen molar-refractivity contribution in [3.63, 3.8) is 0 Å². The van der Waals surface area contributed by atoms with Crippen molar-refractivity contribution in [3.05, 3.63) is 11.9 Å². The predicted octanol–water partition coefficient (Wildman–Crippen LogP) is 1.81. The van der Waals surface area contributed by atoms with Crippen LogP contribution >= 0.6 is 0 Å². The highest BCUT2D eigenvalue weighted by Crippen LogP contribution is 2.12. The number of rotatable bonds is 4. The van der Waals surface area contributed by atoms with Crippen molar-refractivity contribution in [1.29, 1.82) is 0 Å². The first-order valence-corrected chi connectivity index (χ1v) is 4.94. The van der Waals surface area contributed by atoms with Gasteiger partial charge in [-0.15, -0.1) is 11.8 Å². The lowest BCUT2D eigenvalue weighted by molar-refractivity contribution is 0.746. The molecule has 0 fully saturated rings. The lowest BCUT2D eigenvalue weighted by Gasteiger charge is -2.01. The molecule has 76 valence electrons. The molecule has 0 atom stereocenters. The molecule has 0 saturated heterocycles. The highest BCUT2D eigenvalue weighted by Gasteiger charge is 2.03. The van der Waals surface area contributed by atoms with Gasteiger partial charge in [0, 0.05) is 26.2 Å². The van der Waals surface area contributed by atoms with Crippen LogP contribution in [0.1, 0.15) is 26.0 Å². The third-order valence-corrected chi connectivity index (χ3v) is 1.98. The van der Waals surface area contributed by atoms with Gasteiger partial charge in [0.2, 0.25) is 0 Å². The van der Waals surface area contributed by atoms with Gasteiger partial charge in [-0.3, -0.25) is 4.68 Å². The fourth-order valence-corrected chi connectivity index (χ4v) is 1.33. The van der Waals surface area contributed by atoms with E-state index >= 15 is 0 Å². The molecular formula is C11H17N3. The van der Waals surface area contributed by atoms with Crippen molar-refractivity contribution in [2.24, 2.45) is 7.05 Å². The summed E-state index contributed by atoms with van der Waals surface area (Å²) in [5.74, 6) is 5.90. The van der Waals surface area contributed by atoms with Crippen molar-refractivity contribution in [1.82, 2.24) is 9.78 Å². The Hall–Kier alpha value is -1.43. The van der Waals surface area contributed by atoms with Gasteiger partial charge in [0.25, 0.3) is 0 Å². The standard InChI is InChI=1S/C11H17N3/c1-4-6-7-8-12-11-9-14(3)13-10(11)5-2/h9,12H,5,7-8H2,1-3H3. The first kappa shape index (κ1) is 10.6. The Morgan fingerprint density at radius 2 is 2.36 bits per heavy atom. The minimum Gasteiger partial charge on any atom is -0.381 e. The number of nitrogens with zero attached hydrogens (tertiary/aromatic N) is 2. The summed E-state index contributed by atoms with van der Waals surface area (Å²) in [6.45, 7) is 4.86. The molecule has 1 rings (SSSR count). The molecule has 1 aromatic heterocycles. The van der Waals surface area contributed by atoms with Crippen LogP contribution in [-0.4, -0.2) is 16.3 Å². The Bertz CT molecular complexity index is 341. The van der Waals surface area contributed by atoms with Crippen molar-refractivity contribution in [3.8, 4) is 11.8 Å². The summed E-state index contributed by atoms with van der Waals surface area (Å²) in [6, 6.07) is 0. The molecule has 3 nitrogen and oxygen atoms in total. The predicted molar refractivity (Wildman–Crippen MR) is 59.1 cm³/mol. The summed E-state index contributed by atoms with van der Waals surface area (Å²) in [4.78, 5) is 0. The SMILES string of the molecule is CC#CCCNc1cn(C)nc1CC. The third-order valence-electron chi connectivity index (χ3n) is 1.98. The Balaban J connectivity index is 2.51. The molecule has 0 amide bonds. The van der Waals surface area contributed by atoms with Gasteiger partial charge < -0.3 is 5.32 Å². The Morgan fingerprint density at radius 3 is 3.00 bits per heavy atom. The van der Waals surface area contributed by atoms with Crippen LogP contribution in [0.5, 0.6) is 0 Å². The molecule has 1 heterocycles. The lowest BCUT2D eigenvalue weighted by Crippen LogP contribution is -2.01. The van der Waals surface area contributed by atoms with Crippen molar-refractivity contribution >= 4 is 5.69 Å². The van der Waals surface area contributed by atoms with Crippen LogP contribution in [0.4, 0.5) is 5.69 Å². The molecule has 0 aliphatic heterocycles. The van der Waals surface area contributed by atoms with Gasteiger partial charge in [-0.25, -0.2) is 0 Å². The number of hydrogen-bond acceptors (Lipinski definition) is 2. The summed E-state index contributed by atoms with van der Waals surface area (Å²) in [5.41, 5.74) is 2.25. The van der Waals surface area contributed by atoms with Crippen LogP contribution in [0.2, 0.25) is 0 Å². The first-order chi connectivity index (χ1) is 6.77. The summed E-state index contributed by atoms with van der Waals surface area (Å²) >= 11 is 0. The van der Waals surface area contributed by atoms with Crippen LogP contribution in [-0.2, 0) is 13.5 Å². The monoisotopic (exact) mass is 191 g/mol. The molecule has 0 aliphatic rings. The van der Waals surface area contributed by atoms with Gasteiger partial charge in [-0.05, 0) is 13.3 Å². The first-order valence-electron chi connectivity index (χ1n) is 4.94. The van der Waals surface area contributed by atoms with Crippen molar-refractivity contribution in [2.45, 2.75) is 26.7 Å². The fourth-order valence-electron chi connectivity index (χ4n) is 1.33. The van der Waals surface area contributed by atoms with E-state index in [-0.39, 0.29) is 0 Å². The highest BCUT2D eigenvalue weighted by atomic mass is 15.3. The molecular weight excluding hydrogens is 174 g/mol. The molecule has 3 heteroatoms. The number of anilines is 1. The maximum absolute atomic E-state index is 4.35. The second kappa shape index (κ2) is 5.33. The average Bonchev–Trinajstić information content (AvgIpc) is 2.54. The van der Waals surface area contributed by atoms with Crippen LogP contribution in [0.3, 0.4) is 0 Å². The quantitative estimate of drug-likeness (QED) is 0.581. The Labute approximate surface area is 85.5 Å². The van der Waals surface area contributed by atoms with Crippen molar-refractivity contribution < 1.29 is 0 Å². The second-order valence-electron chi connectivity index (χ2n) is 3.12. The molecule has 0 spiro atoms. The van der Waals surface area contributed by atoms with E-state index in [9.17, 15) is 0 Å². The van der Waals surface area contributed by atoms with Gasteiger partial charge in [-0.1, -0.05) is 6.92 Å². The number of hydrogen-bond donors (Lipinski definition) is 1. The molecule has 14 heavy (non-hydrogen) atoms. The largest absolute Gasteiger partial charge is 0.381 e. The maximum atomic E-state index is 4.35. The Kier molecular flexibility index (Phi) is 4.06. The van der Waals surface area contributed by atoms with E-state index in [1.165, 1.54) is 0 Å². The zero-order chi connectivity index (χ0) is 10.4. The van der Waals surface area contributed by atoms with E-state index in [0.29, 0.717) is 0 Å². The molecule has 0 saturated carbocycles. The number of nitrogens with one attached hydrogen (secondary N) is 1.